The van der Waals surface area contributed by atoms with Crippen LogP contribution < -0.4 is 0 Å². The molecule has 1 fully saturated rings. The number of aromatic nitrogens is 2. The van der Waals surface area contributed by atoms with E-state index in [-0.39, 0.29) is 12.1 Å². The van der Waals surface area contributed by atoms with Gasteiger partial charge in [-0.25, -0.2) is 4.79 Å². The molecule has 2 heterocycles. The summed E-state index contributed by atoms with van der Waals surface area (Å²) in [5.74, 6) is 0. The van der Waals surface area contributed by atoms with Gasteiger partial charge in [-0.3, -0.25) is 4.68 Å². The first-order valence-corrected chi connectivity index (χ1v) is 5.93. The Bertz CT molecular complexity index is 381. The lowest BCUT2D eigenvalue weighted by Crippen LogP contribution is -2.35. The van der Waals surface area contributed by atoms with Gasteiger partial charge in [0.1, 0.15) is 5.60 Å². The molecule has 1 amide bonds. The lowest BCUT2D eigenvalue weighted by Gasteiger charge is -2.24. The molecule has 5 nitrogen and oxygen atoms in total. The molecule has 5 heteroatoms. The SMILES string of the molecule is CC(C)(C)OC(=O)N1CCC(n2cccn2)C1. The molecule has 1 aliphatic rings. The van der Waals surface area contributed by atoms with Crippen molar-refractivity contribution in [1.29, 1.82) is 0 Å². The van der Waals surface area contributed by atoms with E-state index in [4.69, 9.17) is 4.74 Å². The summed E-state index contributed by atoms with van der Waals surface area (Å²) >= 11 is 0. The van der Waals surface area contributed by atoms with Gasteiger partial charge in [-0.15, -0.1) is 0 Å². The molecular weight excluding hydrogens is 218 g/mol. The largest absolute Gasteiger partial charge is 0.444 e. The number of hydrogen-bond donors (Lipinski definition) is 0. The van der Waals surface area contributed by atoms with Crippen molar-refractivity contribution >= 4 is 6.09 Å². The Morgan fingerprint density at radius 1 is 1.47 bits per heavy atom. The first-order chi connectivity index (χ1) is 7.96. The second-order valence-electron chi connectivity index (χ2n) is 5.35. The topological polar surface area (TPSA) is 47.4 Å². The Morgan fingerprint density at radius 2 is 2.24 bits per heavy atom. The van der Waals surface area contributed by atoms with Crippen LogP contribution >= 0.6 is 0 Å². The van der Waals surface area contributed by atoms with Crippen LogP contribution in [0.2, 0.25) is 0 Å². The van der Waals surface area contributed by atoms with Crippen LogP contribution in [0.15, 0.2) is 18.5 Å². The average molecular weight is 237 g/mol. The first kappa shape index (κ1) is 12.0. The predicted molar refractivity (Wildman–Crippen MR) is 63.7 cm³/mol. The summed E-state index contributed by atoms with van der Waals surface area (Å²) in [6.45, 7) is 7.06. The van der Waals surface area contributed by atoms with Crippen molar-refractivity contribution < 1.29 is 9.53 Å². The molecule has 0 N–H and O–H groups in total. The second kappa shape index (κ2) is 4.39. The van der Waals surface area contributed by atoms with Crippen molar-refractivity contribution in [3.63, 3.8) is 0 Å². The van der Waals surface area contributed by atoms with E-state index in [1.165, 1.54) is 0 Å². The summed E-state index contributed by atoms with van der Waals surface area (Å²) in [4.78, 5) is 13.6. The van der Waals surface area contributed by atoms with Gasteiger partial charge >= 0.3 is 6.09 Å². The number of likely N-dealkylation sites (tertiary alicyclic amines) is 1. The summed E-state index contributed by atoms with van der Waals surface area (Å²) in [5, 5.41) is 4.20. The van der Waals surface area contributed by atoms with Gasteiger partial charge in [-0.05, 0) is 33.3 Å². The molecule has 0 aliphatic carbocycles. The lowest BCUT2D eigenvalue weighted by molar-refractivity contribution is 0.0288. The van der Waals surface area contributed by atoms with E-state index in [2.05, 4.69) is 5.10 Å². The van der Waals surface area contributed by atoms with Crippen LogP contribution in [0.4, 0.5) is 4.79 Å². The zero-order valence-electron chi connectivity index (χ0n) is 10.6. The molecule has 1 aliphatic heterocycles. The van der Waals surface area contributed by atoms with Crippen LogP contribution in [-0.2, 0) is 4.74 Å². The van der Waals surface area contributed by atoms with Crippen molar-refractivity contribution in [3.8, 4) is 0 Å². The second-order valence-corrected chi connectivity index (χ2v) is 5.35. The third-order valence-corrected chi connectivity index (χ3v) is 2.71. The molecule has 2 rings (SSSR count). The van der Waals surface area contributed by atoms with Gasteiger partial charge in [-0.1, -0.05) is 0 Å². The van der Waals surface area contributed by atoms with Gasteiger partial charge in [0.2, 0.25) is 0 Å². The molecule has 0 saturated carbocycles. The number of nitrogens with zero attached hydrogens (tertiary/aromatic N) is 3. The van der Waals surface area contributed by atoms with E-state index in [9.17, 15) is 4.79 Å². The maximum atomic E-state index is 11.9. The van der Waals surface area contributed by atoms with Crippen LogP contribution in [0.1, 0.15) is 33.2 Å². The molecular formula is C12H19N3O2. The summed E-state index contributed by atoms with van der Waals surface area (Å²) in [6, 6.07) is 2.17. The number of amides is 1. The zero-order chi connectivity index (χ0) is 12.5. The zero-order valence-corrected chi connectivity index (χ0v) is 10.6. The van der Waals surface area contributed by atoms with E-state index in [1.807, 2.05) is 37.7 Å². The minimum absolute atomic E-state index is 0.229. The Labute approximate surface area is 101 Å². The van der Waals surface area contributed by atoms with Crippen molar-refractivity contribution in [2.75, 3.05) is 13.1 Å². The lowest BCUT2D eigenvalue weighted by atomic mass is 10.2. The Balaban J connectivity index is 1.92. The Hall–Kier alpha value is -1.52. The molecule has 17 heavy (non-hydrogen) atoms. The maximum absolute atomic E-state index is 11.9. The molecule has 0 radical (unpaired) electrons. The number of carbonyl (C=O) groups is 1. The molecule has 0 aromatic carbocycles. The summed E-state index contributed by atoms with van der Waals surface area (Å²) in [7, 11) is 0. The summed E-state index contributed by atoms with van der Waals surface area (Å²) in [6.07, 6.45) is 4.40. The number of rotatable bonds is 1. The number of hydrogen-bond acceptors (Lipinski definition) is 3. The molecule has 0 bridgehead atoms. The first-order valence-electron chi connectivity index (χ1n) is 5.93. The van der Waals surface area contributed by atoms with Gasteiger partial charge < -0.3 is 9.64 Å². The van der Waals surface area contributed by atoms with E-state index in [1.54, 1.807) is 11.1 Å². The van der Waals surface area contributed by atoms with Crippen LogP contribution in [0.3, 0.4) is 0 Å². The van der Waals surface area contributed by atoms with Gasteiger partial charge in [0, 0.05) is 25.5 Å². The maximum Gasteiger partial charge on any atom is 0.410 e. The molecule has 94 valence electrons. The van der Waals surface area contributed by atoms with Crippen molar-refractivity contribution in [2.45, 2.75) is 38.8 Å². The fourth-order valence-electron chi connectivity index (χ4n) is 1.95. The fraction of sp³-hybridized carbons (Fsp3) is 0.667. The minimum atomic E-state index is -0.430. The highest BCUT2D eigenvalue weighted by Gasteiger charge is 2.30. The van der Waals surface area contributed by atoms with Crippen LogP contribution in [0.25, 0.3) is 0 Å². The van der Waals surface area contributed by atoms with Gasteiger partial charge in [-0.2, -0.15) is 5.10 Å². The molecule has 1 saturated heterocycles. The summed E-state index contributed by atoms with van der Waals surface area (Å²) in [5.41, 5.74) is -0.430. The predicted octanol–water partition coefficient (Wildman–Crippen LogP) is 2.06. The molecule has 1 atom stereocenters. The number of ether oxygens (including phenoxy) is 1. The highest BCUT2D eigenvalue weighted by Crippen LogP contribution is 2.22. The minimum Gasteiger partial charge on any atom is -0.444 e. The third-order valence-electron chi connectivity index (χ3n) is 2.71. The van der Waals surface area contributed by atoms with Gasteiger partial charge in [0.15, 0.2) is 0 Å². The Kier molecular flexibility index (Phi) is 3.09. The van der Waals surface area contributed by atoms with E-state index >= 15 is 0 Å². The van der Waals surface area contributed by atoms with Gasteiger partial charge in [0.05, 0.1) is 6.04 Å². The quantitative estimate of drug-likeness (QED) is 0.751. The Morgan fingerprint density at radius 3 is 2.82 bits per heavy atom. The number of carbonyl (C=O) groups excluding carboxylic acids is 1. The standard InChI is InChI=1S/C12H19N3O2/c1-12(2,3)17-11(16)14-8-5-10(9-14)15-7-4-6-13-15/h4,6-7,10H,5,8-9H2,1-3H3. The summed E-state index contributed by atoms with van der Waals surface area (Å²) < 4.78 is 7.25. The van der Waals surface area contributed by atoms with Crippen molar-refractivity contribution in [3.05, 3.63) is 18.5 Å². The normalized spacial score (nSPS) is 20.6. The molecule has 1 unspecified atom stereocenters. The van der Waals surface area contributed by atoms with Crippen LogP contribution in [-0.4, -0.2) is 39.5 Å². The van der Waals surface area contributed by atoms with E-state index < -0.39 is 5.60 Å². The van der Waals surface area contributed by atoms with Crippen LogP contribution in [0.5, 0.6) is 0 Å². The third kappa shape index (κ3) is 2.99. The molecule has 1 aromatic rings. The van der Waals surface area contributed by atoms with E-state index in [0.29, 0.717) is 6.54 Å². The van der Waals surface area contributed by atoms with Crippen molar-refractivity contribution in [2.24, 2.45) is 0 Å². The monoisotopic (exact) mass is 237 g/mol. The highest BCUT2D eigenvalue weighted by molar-refractivity contribution is 5.68. The molecule has 0 spiro atoms. The van der Waals surface area contributed by atoms with Crippen LogP contribution in [0, 0.1) is 0 Å². The van der Waals surface area contributed by atoms with Gasteiger partial charge in [0.25, 0.3) is 0 Å². The fourth-order valence-corrected chi connectivity index (χ4v) is 1.95. The smallest absolute Gasteiger partial charge is 0.410 e. The highest BCUT2D eigenvalue weighted by atomic mass is 16.6. The average Bonchev–Trinajstić information content (AvgIpc) is 2.86. The molecule has 1 aromatic heterocycles. The van der Waals surface area contributed by atoms with E-state index in [0.717, 1.165) is 13.0 Å². The van der Waals surface area contributed by atoms with Crippen molar-refractivity contribution in [1.82, 2.24) is 14.7 Å².